The van der Waals surface area contributed by atoms with Crippen molar-refractivity contribution < 1.29 is 9.53 Å². The Morgan fingerprint density at radius 2 is 1.29 bits per heavy atom. The van der Waals surface area contributed by atoms with E-state index in [4.69, 9.17) is 4.74 Å². The van der Waals surface area contributed by atoms with Crippen LogP contribution in [0.1, 0.15) is 33.9 Å². The summed E-state index contributed by atoms with van der Waals surface area (Å²) in [6.45, 7) is 0. The van der Waals surface area contributed by atoms with E-state index in [9.17, 15) is 0 Å². The molecule has 200 valence electrons. The van der Waals surface area contributed by atoms with Crippen molar-refractivity contribution in [2.45, 2.75) is 22.3 Å². The molecular formula is C36H26BrNO2S. The van der Waals surface area contributed by atoms with Crippen LogP contribution in [0.15, 0.2) is 149 Å². The van der Waals surface area contributed by atoms with Gasteiger partial charge in [0.05, 0.1) is 11.3 Å². The summed E-state index contributed by atoms with van der Waals surface area (Å²) in [6.07, 6.45) is 0.558. The van der Waals surface area contributed by atoms with Gasteiger partial charge in [-0.25, -0.2) is 0 Å². The normalized spacial score (nSPS) is 20.1. The third-order valence-electron chi connectivity index (χ3n) is 7.68. The fourth-order valence-corrected chi connectivity index (χ4v) is 7.39. The number of benzene rings is 5. The number of carbonyl (C=O) groups excluding carboxylic acids is 1. The van der Waals surface area contributed by atoms with Crippen molar-refractivity contribution in [3.8, 4) is 0 Å². The Bertz CT molecular complexity index is 1740. The number of rotatable bonds is 4. The topological polar surface area (TPSA) is 29.5 Å². The van der Waals surface area contributed by atoms with Gasteiger partial charge in [-0.2, -0.15) is 0 Å². The minimum Gasteiger partial charge on any atom is -0.462 e. The highest BCUT2D eigenvalue weighted by Crippen LogP contribution is 2.58. The highest BCUT2D eigenvalue weighted by molar-refractivity contribution is 9.10. The number of halogens is 1. The van der Waals surface area contributed by atoms with Crippen LogP contribution in [0.25, 0.3) is 11.3 Å². The smallest absolute Gasteiger partial charge is 0.266 e. The summed E-state index contributed by atoms with van der Waals surface area (Å²) < 4.78 is 8.39. The van der Waals surface area contributed by atoms with Gasteiger partial charge in [-0.15, -0.1) is 11.8 Å². The van der Waals surface area contributed by atoms with E-state index in [0.29, 0.717) is 17.8 Å². The van der Waals surface area contributed by atoms with Crippen LogP contribution in [0.5, 0.6) is 0 Å². The summed E-state index contributed by atoms with van der Waals surface area (Å²) in [4.78, 5) is 18.1. The molecule has 2 heterocycles. The molecule has 5 aromatic rings. The second-order valence-corrected chi connectivity index (χ2v) is 12.3. The van der Waals surface area contributed by atoms with Crippen LogP contribution in [0.3, 0.4) is 0 Å². The third-order valence-corrected chi connectivity index (χ3v) is 9.53. The molecule has 3 nitrogen and oxygen atoms in total. The zero-order valence-electron chi connectivity index (χ0n) is 22.1. The number of nitrogens with zero attached hydrogens (tertiary/aromatic N) is 1. The molecule has 0 N–H and O–H groups in total. The van der Waals surface area contributed by atoms with E-state index in [-0.39, 0.29) is 11.2 Å². The number of ether oxygens (including phenoxy) is 1. The number of hydrogen-bond donors (Lipinski definition) is 0. The molecular weight excluding hydrogens is 590 g/mol. The number of amides is 1. The molecule has 2 atom stereocenters. The summed E-state index contributed by atoms with van der Waals surface area (Å²) >= 11 is 5.38. The molecule has 0 saturated heterocycles. The quantitative estimate of drug-likeness (QED) is 0.202. The lowest BCUT2D eigenvalue weighted by Gasteiger charge is -2.48. The van der Waals surface area contributed by atoms with Crippen molar-refractivity contribution in [2.24, 2.45) is 0 Å². The maximum absolute atomic E-state index is 15.1. The second kappa shape index (κ2) is 10.7. The molecule has 2 aliphatic rings. The Balaban J connectivity index is 1.54. The Hall–Kier alpha value is -4.06. The Kier molecular flexibility index (Phi) is 6.77. The van der Waals surface area contributed by atoms with E-state index < -0.39 is 5.72 Å². The third kappa shape index (κ3) is 4.59. The Morgan fingerprint density at radius 1 is 0.707 bits per heavy atom. The van der Waals surface area contributed by atoms with E-state index in [1.54, 1.807) is 11.8 Å². The van der Waals surface area contributed by atoms with Gasteiger partial charge in [0, 0.05) is 32.2 Å². The minimum atomic E-state index is -1.08. The van der Waals surface area contributed by atoms with Gasteiger partial charge in [-0.05, 0) is 35.4 Å². The predicted octanol–water partition coefficient (Wildman–Crippen LogP) is 9.47. The maximum atomic E-state index is 15.1. The minimum absolute atomic E-state index is 0.0255. The zero-order valence-corrected chi connectivity index (χ0v) is 24.5. The molecule has 0 unspecified atom stereocenters. The monoisotopic (exact) mass is 615 g/mol. The molecule has 5 heteroatoms. The van der Waals surface area contributed by atoms with Crippen LogP contribution in [-0.2, 0) is 15.3 Å². The van der Waals surface area contributed by atoms with Crippen molar-refractivity contribution in [1.82, 2.24) is 0 Å². The van der Waals surface area contributed by atoms with Gasteiger partial charge in [0.2, 0.25) is 5.72 Å². The van der Waals surface area contributed by atoms with E-state index in [2.05, 4.69) is 58.4 Å². The number of anilines is 1. The standard InChI is InChI=1S/C36H26BrNO2S/c37-29-22-20-25(21-23-29)32-24-36(28-16-8-3-9-17-28)38(30-18-10-11-19-31(30)41-32)35(39)33(26-12-4-1-5-13-26)34(40-36)27-14-6-2-7-15-27/h1-23,32H,24H2/t32-,36+/m0/s1. The molecule has 0 spiro atoms. The summed E-state index contributed by atoms with van der Waals surface area (Å²) in [7, 11) is 0. The maximum Gasteiger partial charge on any atom is 0.266 e. The zero-order chi connectivity index (χ0) is 27.8. The van der Waals surface area contributed by atoms with Gasteiger partial charge in [-0.1, -0.05) is 131 Å². The van der Waals surface area contributed by atoms with Crippen LogP contribution in [0.4, 0.5) is 5.69 Å². The van der Waals surface area contributed by atoms with Crippen molar-refractivity contribution in [3.05, 3.63) is 166 Å². The Labute approximate surface area is 252 Å². The molecule has 5 aromatic carbocycles. The van der Waals surface area contributed by atoms with Gasteiger partial charge in [0.15, 0.2) is 0 Å². The molecule has 2 aliphatic heterocycles. The summed E-state index contributed by atoms with van der Waals surface area (Å²) in [5.74, 6) is 0.524. The number of fused-ring (bicyclic) bond motifs is 3. The van der Waals surface area contributed by atoms with E-state index >= 15 is 4.79 Å². The van der Waals surface area contributed by atoms with Crippen LogP contribution < -0.4 is 4.90 Å². The van der Waals surface area contributed by atoms with E-state index in [1.165, 1.54) is 5.56 Å². The average molecular weight is 617 g/mol. The molecule has 7 rings (SSSR count). The largest absolute Gasteiger partial charge is 0.462 e. The van der Waals surface area contributed by atoms with Crippen LogP contribution in [0, 0.1) is 0 Å². The predicted molar refractivity (Wildman–Crippen MR) is 170 cm³/mol. The van der Waals surface area contributed by atoms with Gasteiger partial charge in [0.1, 0.15) is 5.76 Å². The van der Waals surface area contributed by atoms with Crippen LogP contribution in [0.2, 0.25) is 0 Å². The van der Waals surface area contributed by atoms with Gasteiger partial charge in [0.25, 0.3) is 5.91 Å². The second-order valence-electron chi connectivity index (χ2n) is 10.2. The van der Waals surface area contributed by atoms with Crippen LogP contribution in [-0.4, -0.2) is 5.91 Å². The van der Waals surface area contributed by atoms with Crippen molar-refractivity contribution in [3.63, 3.8) is 0 Å². The lowest BCUT2D eigenvalue weighted by atomic mass is 9.87. The molecule has 41 heavy (non-hydrogen) atoms. The lowest BCUT2D eigenvalue weighted by molar-refractivity contribution is -0.120. The number of hydrogen-bond acceptors (Lipinski definition) is 3. The first kappa shape index (κ1) is 25.9. The van der Waals surface area contributed by atoms with E-state index in [0.717, 1.165) is 31.7 Å². The van der Waals surface area contributed by atoms with Gasteiger partial charge in [-0.3, -0.25) is 9.69 Å². The highest BCUT2D eigenvalue weighted by atomic mass is 79.9. The van der Waals surface area contributed by atoms with Gasteiger partial charge < -0.3 is 4.74 Å². The molecule has 0 saturated carbocycles. The highest BCUT2D eigenvalue weighted by Gasteiger charge is 2.54. The number of thioether (sulfide) groups is 1. The van der Waals surface area contributed by atoms with Crippen molar-refractivity contribution >= 4 is 50.6 Å². The molecule has 0 aliphatic carbocycles. The first-order chi connectivity index (χ1) is 20.1. The fraction of sp³-hybridized carbons (Fsp3) is 0.0833. The first-order valence-electron chi connectivity index (χ1n) is 13.6. The average Bonchev–Trinajstić information content (AvgIpc) is 3.18. The number of para-hydroxylation sites is 1. The van der Waals surface area contributed by atoms with E-state index in [1.807, 2.05) is 102 Å². The molecule has 0 bridgehead atoms. The van der Waals surface area contributed by atoms with Crippen molar-refractivity contribution in [1.29, 1.82) is 0 Å². The first-order valence-corrected chi connectivity index (χ1v) is 15.3. The SMILES string of the molecule is O=C1C(c2ccccc2)=C(c2ccccc2)O[C@@]2(c3ccccc3)C[C@@H](c3ccc(Br)cc3)Sc3ccccc3N12. The van der Waals surface area contributed by atoms with Crippen molar-refractivity contribution in [2.75, 3.05) is 4.90 Å². The fourth-order valence-electron chi connectivity index (χ4n) is 5.78. The molecule has 1 amide bonds. The lowest BCUT2D eigenvalue weighted by Crippen LogP contribution is -2.55. The van der Waals surface area contributed by atoms with Gasteiger partial charge >= 0.3 is 0 Å². The Morgan fingerprint density at radius 3 is 1.98 bits per heavy atom. The summed E-state index contributed by atoms with van der Waals surface area (Å²) in [5, 5.41) is 0.0255. The summed E-state index contributed by atoms with van der Waals surface area (Å²) in [6, 6.07) is 46.7. The number of carbonyl (C=O) groups is 1. The molecule has 0 radical (unpaired) electrons. The molecule has 0 fully saturated rings. The molecule has 0 aromatic heterocycles. The van der Waals surface area contributed by atoms with Crippen LogP contribution >= 0.6 is 27.7 Å². The summed E-state index contributed by atoms with van der Waals surface area (Å²) in [5.41, 5.74) is 4.15.